The minimum atomic E-state index is 0.554. The fourth-order valence-electron chi connectivity index (χ4n) is 0.393. The summed E-state index contributed by atoms with van der Waals surface area (Å²) in [7, 11) is 0. The lowest BCUT2D eigenvalue weighted by molar-refractivity contribution is 0.997. The van der Waals surface area contributed by atoms with Gasteiger partial charge in [0.15, 0.2) is 5.82 Å². The number of hydrogen-bond donors (Lipinski definition) is 2. The second-order valence-corrected chi connectivity index (χ2v) is 2.20. The van der Waals surface area contributed by atoms with Gasteiger partial charge in [0.25, 0.3) is 0 Å². The van der Waals surface area contributed by atoms with Gasteiger partial charge in [-0.15, -0.1) is 10.2 Å². The summed E-state index contributed by atoms with van der Waals surface area (Å²) < 4.78 is 0.696. The second kappa shape index (κ2) is 2.75. The molecule has 0 radical (unpaired) electrons. The van der Waals surface area contributed by atoms with Gasteiger partial charge in [-0.1, -0.05) is 0 Å². The van der Waals surface area contributed by atoms with Crippen LogP contribution in [0.3, 0.4) is 0 Å². The molecule has 0 atom stereocenters. The number of nitrogens with two attached hydrogens (primary N) is 1. The molecule has 0 saturated heterocycles. The summed E-state index contributed by atoms with van der Waals surface area (Å²) in [5, 5.41) is 7.34. The van der Waals surface area contributed by atoms with Crippen LogP contribution in [-0.2, 0) is 0 Å². The highest BCUT2D eigenvalue weighted by atomic mass is 79.9. The third-order valence-corrected chi connectivity index (χ3v) is 1.20. The van der Waals surface area contributed by atoms with Gasteiger partial charge in [0, 0.05) is 0 Å². The zero-order valence-corrected chi connectivity index (χ0v) is 6.09. The van der Waals surface area contributed by atoms with Crippen LogP contribution in [0.5, 0.6) is 0 Å². The molecule has 0 spiro atoms. The first kappa shape index (κ1) is 6.44. The molecule has 1 aromatic heterocycles. The highest BCUT2D eigenvalue weighted by molar-refractivity contribution is 9.10. The molecule has 9 heavy (non-hydrogen) atoms. The van der Waals surface area contributed by atoms with Crippen LogP contribution in [0.15, 0.2) is 16.7 Å². The third kappa shape index (κ3) is 1.62. The Balaban J connectivity index is 2.88. The first-order chi connectivity index (χ1) is 4.33. The molecule has 48 valence electrons. The smallest absolute Gasteiger partial charge is 0.162 e. The van der Waals surface area contributed by atoms with Gasteiger partial charge in [-0.2, -0.15) is 0 Å². The van der Waals surface area contributed by atoms with Gasteiger partial charge in [-0.05, 0) is 28.1 Å². The van der Waals surface area contributed by atoms with E-state index in [0.717, 1.165) is 0 Å². The average molecular weight is 189 g/mol. The molecule has 0 unspecified atom stereocenters. The van der Waals surface area contributed by atoms with E-state index in [1.807, 2.05) is 0 Å². The van der Waals surface area contributed by atoms with Crippen molar-refractivity contribution in [2.24, 2.45) is 5.84 Å². The van der Waals surface area contributed by atoms with Crippen LogP contribution < -0.4 is 11.3 Å². The van der Waals surface area contributed by atoms with Crippen molar-refractivity contribution in [3.63, 3.8) is 0 Å². The molecule has 0 aliphatic heterocycles. The summed E-state index contributed by atoms with van der Waals surface area (Å²) in [5.74, 6) is 5.59. The van der Waals surface area contributed by atoms with Crippen LogP contribution in [0.4, 0.5) is 5.82 Å². The second-order valence-electron chi connectivity index (χ2n) is 1.39. The molecule has 0 aliphatic carbocycles. The van der Waals surface area contributed by atoms with Crippen molar-refractivity contribution in [3.8, 4) is 0 Å². The van der Waals surface area contributed by atoms with E-state index in [9.17, 15) is 0 Å². The summed E-state index contributed by atoms with van der Waals surface area (Å²) in [6.07, 6.45) is 0. The Kier molecular flexibility index (Phi) is 1.96. The Morgan fingerprint density at radius 2 is 2.22 bits per heavy atom. The summed E-state index contributed by atoms with van der Waals surface area (Å²) >= 11 is 3.13. The van der Waals surface area contributed by atoms with Crippen molar-refractivity contribution in [2.45, 2.75) is 0 Å². The van der Waals surface area contributed by atoms with Gasteiger partial charge >= 0.3 is 0 Å². The number of nitrogen functional groups attached to an aromatic ring is 1. The van der Waals surface area contributed by atoms with E-state index in [2.05, 4.69) is 31.6 Å². The van der Waals surface area contributed by atoms with Crippen LogP contribution in [0, 0.1) is 0 Å². The number of hydrogen-bond acceptors (Lipinski definition) is 4. The van der Waals surface area contributed by atoms with E-state index in [1.54, 1.807) is 12.1 Å². The molecular formula is C4H5BrN4. The van der Waals surface area contributed by atoms with Gasteiger partial charge < -0.3 is 5.43 Å². The quantitative estimate of drug-likeness (QED) is 0.499. The molecule has 0 aromatic carbocycles. The first-order valence-corrected chi connectivity index (χ1v) is 3.08. The van der Waals surface area contributed by atoms with Gasteiger partial charge in [0.1, 0.15) is 4.60 Å². The maximum Gasteiger partial charge on any atom is 0.162 e. The van der Waals surface area contributed by atoms with Gasteiger partial charge in [-0.3, -0.25) is 0 Å². The normalized spacial score (nSPS) is 9.11. The third-order valence-electron chi connectivity index (χ3n) is 0.780. The number of anilines is 1. The minimum absolute atomic E-state index is 0.554. The Hall–Kier alpha value is -0.680. The van der Waals surface area contributed by atoms with Crippen LogP contribution in [0.2, 0.25) is 0 Å². The van der Waals surface area contributed by atoms with Crippen molar-refractivity contribution in [1.29, 1.82) is 0 Å². The number of aromatic nitrogens is 2. The van der Waals surface area contributed by atoms with Crippen LogP contribution in [-0.4, -0.2) is 10.2 Å². The molecule has 0 amide bonds. The maximum absolute atomic E-state index is 5.03. The standard InChI is InChI=1S/C4H5BrN4/c5-3-1-2-4(7-6)9-8-3/h1-2H,6H2,(H,7,9). The van der Waals surface area contributed by atoms with Crippen LogP contribution >= 0.6 is 15.9 Å². The van der Waals surface area contributed by atoms with E-state index < -0.39 is 0 Å². The Morgan fingerprint density at radius 3 is 2.67 bits per heavy atom. The molecule has 4 nitrogen and oxygen atoms in total. The largest absolute Gasteiger partial charge is 0.307 e. The Labute approximate surface area is 60.6 Å². The molecule has 0 aliphatic rings. The van der Waals surface area contributed by atoms with Crippen LogP contribution in [0.1, 0.15) is 0 Å². The zero-order chi connectivity index (χ0) is 6.69. The van der Waals surface area contributed by atoms with E-state index in [-0.39, 0.29) is 0 Å². The molecule has 1 heterocycles. The Morgan fingerprint density at radius 1 is 1.44 bits per heavy atom. The monoisotopic (exact) mass is 188 g/mol. The van der Waals surface area contributed by atoms with Gasteiger partial charge in [0.05, 0.1) is 0 Å². The lowest BCUT2D eigenvalue weighted by Gasteiger charge is -1.93. The van der Waals surface area contributed by atoms with Crippen molar-refractivity contribution in [3.05, 3.63) is 16.7 Å². The lowest BCUT2D eigenvalue weighted by Crippen LogP contribution is -2.08. The van der Waals surface area contributed by atoms with E-state index in [1.165, 1.54) is 0 Å². The Bertz CT molecular complexity index is 184. The summed E-state index contributed by atoms with van der Waals surface area (Å²) in [5.41, 5.74) is 2.36. The number of halogens is 1. The molecule has 1 aromatic rings. The van der Waals surface area contributed by atoms with Crippen molar-refractivity contribution in [1.82, 2.24) is 10.2 Å². The number of nitrogens with one attached hydrogen (secondary N) is 1. The lowest BCUT2D eigenvalue weighted by atomic mass is 10.5. The zero-order valence-electron chi connectivity index (χ0n) is 4.50. The molecule has 5 heteroatoms. The molecule has 3 N–H and O–H groups in total. The number of rotatable bonds is 1. The summed E-state index contributed by atoms with van der Waals surface area (Å²) in [6, 6.07) is 3.47. The molecule has 1 rings (SSSR count). The van der Waals surface area contributed by atoms with E-state index in [0.29, 0.717) is 10.4 Å². The SMILES string of the molecule is NNc1ccc(Br)nn1. The molecule has 0 saturated carbocycles. The highest BCUT2D eigenvalue weighted by Gasteiger charge is 1.88. The average Bonchev–Trinajstić information content (AvgIpc) is 1.90. The number of nitrogens with zero attached hydrogens (tertiary/aromatic N) is 2. The van der Waals surface area contributed by atoms with Crippen molar-refractivity contribution < 1.29 is 0 Å². The first-order valence-electron chi connectivity index (χ1n) is 2.29. The summed E-state index contributed by atoms with van der Waals surface area (Å²) in [6.45, 7) is 0. The van der Waals surface area contributed by atoms with Gasteiger partial charge in [0.2, 0.25) is 0 Å². The fourth-order valence-corrected chi connectivity index (χ4v) is 0.604. The maximum atomic E-state index is 5.03. The summed E-state index contributed by atoms with van der Waals surface area (Å²) in [4.78, 5) is 0. The highest BCUT2D eigenvalue weighted by Crippen LogP contribution is 2.04. The minimum Gasteiger partial charge on any atom is -0.307 e. The molecular weight excluding hydrogens is 184 g/mol. The molecule has 0 fully saturated rings. The van der Waals surface area contributed by atoms with E-state index >= 15 is 0 Å². The van der Waals surface area contributed by atoms with Crippen LogP contribution in [0.25, 0.3) is 0 Å². The molecule has 0 bridgehead atoms. The fraction of sp³-hybridized carbons (Fsp3) is 0. The van der Waals surface area contributed by atoms with Crippen molar-refractivity contribution in [2.75, 3.05) is 5.43 Å². The predicted octanol–water partition coefficient (Wildman–Crippen LogP) is 0.525. The topological polar surface area (TPSA) is 63.8 Å². The van der Waals surface area contributed by atoms with E-state index in [4.69, 9.17) is 5.84 Å². The number of hydrazine groups is 1. The van der Waals surface area contributed by atoms with Crippen molar-refractivity contribution >= 4 is 21.7 Å². The van der Waals surface area contributed by atoms with Gasteiger partial charge in [-0.25, -0.2) is 5.84 Å². The predicted molar refractivity (Wildman–Crippen MR) is 37.5 cm³/mol.